The number of benzene rings is 1. The van der Waals surface area contributed by atoms with Crippen molar-refractivity contribution < 1.29 is 19.1 Å². The molecule has 0 atom stereocenters. The van der Waals surface area contributed by atoms with E-state index in [1.807, 2.05) is 44.2 Å². The van der Waals surface area contributed by atoms with Crippen LogP contribution in [-0.4, -0.2) is 32.8 Å². The van der Waals surface area contributed by atoms with Gasteiger partial charge in [-0.3, -0.25) is 9.59 Å². The summed E-state index contributed by atoms with van der Waals surface area (Å²) in [4.78, 5) is 33.4. The maximum absolute atomic E-state index is 11.6. The molecule has 0 aliphatic heterocycles. The molecule has 1 rings (SSSR count). The third-order valence-corrected chi connectivity index (χ3v) is 3.30. The SMILES string of the molecule is CC(C)(Br)C(=O)c1ccccc1.CCOC(=O)C(=O)C(C)(C)Br. The quantitative estimate of drug-likeness (QED) is 0.290. The summed E-state index contributed by atoms with van der Waals surface area (Å²) in [6.07, 6.45) is 0. The third-order valence-electron chi connectivity index (χ3n) is 2.58. The summed E-state index contributed by atoms with van der Waals surface area (Å²) in [5.74, 6) is -1.23. The van der Waals surface area contributed by atoms with Crippen LogP contribution in [0.4, 0.5) is 0 Å². The van der Waals surface area contributed by atoms with Crippen LogP contribution in [0.3, 0.4) is 0 Å². The molecule has 0 heterocycles. The molecule has 0 bridgehead atoms. The molecule has 128 valence electrons. The molecule has 1 aromatic rings. The Morgan fingerprint density at radius 1 is 0.957 bits per heavy atom. The van der Waals surface area contributed by atoms with Crippen LogP contribution < -0.4 is 0 Å². The van der Waals surface area contributed by atoms with E-state index in [0.29, 0.717) is 0 Å². The van der Waals surface area contributed by atoms with Gasteiger partial charge in [-0.25, -0.2) is 4.79 Å². The second kappa shape index (κ2) is 9.33. The third kappa shape index (κ3) is 8.42. The van der Waals surface area contributed by atoms with Crippen LogP contribution in [0.25, 0.3) is 0 Å². The molecule has 0 aliphatic carbocycles. The van der Waals surface area contributed by atoms with Crippen LogP contribution in [0.5, 0.6) is 0 Å². The molecule has 0 radical (unpaired) electrons. The van der Waals surface area contributed by atoms with E-state index in [9.17, 15) is 14.4 Å². The average Bonchev–Trinajstić information content (AvgIpc) is 2.45. The van der Waals surface area contributed by atoms with Gasteiger partial charge in [0.05, 0.1) is 15.3 Å². The van der Waals surface area contributed by atoms with Gasteiger partial charge in [-0.05, 0) is 34.6 Å². The Balaban J connectivity index is 0.000000423. The van der Waals surface area contributed by atoms with Crippen molar-refractivity contribution in [3.05, 3.63) is 35.9 Å². The molecule has 0 saturated heterocycles. The number of alkyl halides is 2. The summed E-state index contributed by atoms with van der Waals surface area (Å²) >= 11 is 6.40. The van der Waals surface area contributed by atoms with Gasteiger partial charge in [-0.2, -0.15) is 0 Å². The molecule has 6 heteroatoms. The zero-order valence-electron chi connectivity index (χ0n) is 14.0. The van der Waals surface area contributed by atoms with E-state index in [0.717, 1.165) is 5.56 Å². The fourth-order valence-electron chi connectivity index (χ4n) is 1.37. The number of carbonyl (C=O) groups is 3. The Labute approximate surface area is 154 Å². The molecular formula is C17H22Br2O4. The van der Waals surface area contributed by atoms with Crippen molar-refractivity contribution in [2.45, 2.75) is 43.3 Å². The van der Waals surface area contributed by atoms with Crippen molar-refractivity contribution in [3.8, 4) is 0 Å². The van der Waals surface area contributed by atoms with Gasteiger partial charge in [0.25, 0.3) is 5.78 Å². The molecule has 23 heavy (non-hydrogen) atoms. The van der Waals surface area contributed by atoms with Crippen LogP contribution >= 0.6 is 31.9 Å². The number of esters is 1. The number of rotatable bonds is 5. The zero-order valence-corrected chi connectivity index (χ0v) is 17.2. The fourth-order valence-corrected chi connectivity index (χ4v) is 1.76. The van der Waals surface area contributed by atoms with Crippen molar-refractivity contribution in [2.75, 3.05) is 6.61 Å². The highest BCUT2D eigenvalue weighted by molar-refractivity contribution is 9.10. The lowest BCUT2D eigenvalue weighted by Crippen LogP contribution is -2.33. The highest BCUT2D eigenvalue weighted by Crippen LogP contribution is 2.21. The Hall–Kier alpha value is -1.01. The summed E-state index contributed by atoms with van der Waals surface area (Å²) < 4.78 is 3.23. The molecule has 0 aliphatic rings. The Kier molecular flexibility index (Phi) is 8.92. The topological polar surface area (TPSA) is 60.4 Å². The van der Waals surface area contributed by atoms with E-state index >= 15 is 0 Å². The van der Waals surface area contributed by atoms with Crippen molar-refractivity contribution >= 4 is 49.4 Å². The predicted octanol–water partition coefficient (Wildman–Crippen LogP) is 4.33. The first-order valence-corrected chi connectivity index (χ1v) is 8.69. The minimum Gasteiger partial charge on any atom is -0.460 e. The van der Waals surface area contributed by atoms with Gasteiger partial charge >= 0.3 is 5.97 Å². The number of carbonyl (C=O) groups excluding carboxylic acids is 3. The van der Waals surface area contributed by atoms with Crippen molar-refractivity contribution in [2.24, 2.45) is 0 Å². The van der Waals surface area contributed by atoms with E-state index in [2.05, 4.69) is 36.6 Å². The minimum absolute atomic E-state index is 0.114. The van der Waals surface area contributed by atoms with E-state index in [1.54, 1.807) is 20.8 Å². The summed E-state index contributed by atoms with van der Waals surface area (Å²) in [6.45, 7) is 8.79. The molecule has 0 fully saturated rings. The zero-order chi connectivity index (χ0) is 18.3. The first kappa shape index (κ1) is 22.0. The highest BCUT2D eigenvalue weighted by atomic mass is 79.9. The predicted molar refractivity (Wildman–Crippen MR) is 98.4 cm³/mol. The maximum atomic E-state index is 11.6. The Bertz CT molecular complexity index is 540. The second-order valence-electron chi connectivity index (χ2n) is 5.69. The van der Waals surface area contributed by atoms with Crippen LogP contribution in [0.1, 0.15) is 45.0 Å². The molecule has 0 unspecified atom stereocenters. The van der Waals surface area contributed by atoms with Crippen LogP contribution in [0, 0.1) is 0 Å². The normalized spacial score (nSPS) is 11.1. The largest absolute Gasteiger partial charge is 0.460 e. The molecule has 0 saturated carbocycles. The van der Waals surface area contributed by atoms with Crippen LogP contribution in [-0.2, 0) is 14.3 Å². The Morgan fingerprint density at radius 3 is 1.78 bits per heavy atom. The second-order valence-corrected chi connectivity index (χ2v) is 9.65. The van der Waals surface area contributed by atoms with Crippen molar-refractivity contribution in [3.63, 3.8) is 0 Å². The number of Topliss-reactive ketones (excluding diaryl/α,β-unsaturated/α-hetero) is 2. The number of ether oxygens (including phenoxy) is 1. The molecule has 0 spiro atoms. The maximum Gasteiger partial charge on any atom is 0.376 e. The minimum atomic E-state index is -0.820. The molecule has 0 N–H and O–H groups in total. The van der Waals surface area contributed by atoms with Crippen LogP contribution in [0.2, 0.25) is 0 Å². The van der Waals surface area contributed by atoms with Gasteiger partial charge in [0, 0.05) is 5.56 Å². The van der Waals surface area contributed by atoms with Gasteiger partial charge in [-0.15, -0.1) is 0 Å². The average molecular weight is 450 g/mol. The lowest BCUT2D eigenvalue weighted by molar-refractivity contribution is -0.154. The Morgan fingerprint density at radius 2 is 1.43 bits per heavy atom. The van der Waals surface area contributed by atoms with Gasteiger partial charge in [0.2, 0.25) is 0 Å². The molecular weight excluding hydrogens is 428 g/mol. The van der Waals surface area contributed by atoms with Gasteiger partial charge in [-0.1, -0.05) is 62.2 Å². The van der Waals surface area contributed by atoms with Crippen molar-refractivity contribution in [1.82, 2.24) is 0 Å². The smallest absolute Gasteiger partial charge is 0.376 e. The lowest BCUT2D eigenvalue weighted by atomic mass is 10.0. The van der Waals surface area contributed by atoms with Crippen LogP contribution in [0.15, 0.2) is 30.3 Å². The van der Waals surface area contributed by atoms with E-state index in [-0.39, 0.29) is 12.4 Å². The standard InChI is InChI=1S/C10H11BrO.C7H11BrO3/c1-10(2,11)9(12)8-6-4-3-5-7-8;1-4-11-6(10)5(9)7(2,3)8/h3-7H,1-2H3;4H2,1-3H3. The van der Waals surface area contributed by atoms with E-state index in [4.69, 9.17) is 0 Å². The summed E-state index contributed by atoms with van der Waals surface area (Å²) in [5, 5.41) is 0. The van der Waals surface area contributed by atoms with Gasteiger partial charge in [0.1, 0.15) is 0 Å². The van der Waals surface area contributed by atoms with Crippen molar-refractivity contribution in [1.29, 1.82) is 0 Å². The van der Waals surface area contributed by atoms with Gasteiger partial charge in [0.15, 0.2) is 5.78 Å². The number of ketones is 2. The molecule has 4 nitrogen and oxygen atoms in total. The van der Waals surface area contributed by atoms with Gasteiger partial charge < -0.3 is 4.74 Å². The molecule has 0 amide bonds. The molecule has 1 aromatic carbocycles. The summed E-state index contributed by atoms with van der Waals surface area (Å²) in [7, 11) is 0. The number of halogens is 2. The van der Waals surface area contributed by atoms with E-state index < -0.39 is 20.4 Å². The number of hydrogen-bond acceptors (Lipinski definition) is 4. The fraction of sp³-hybridized carbons (Fsp3) is 0.471. The first-order chi connectivity index (χ1) is 10.4. The number of hydrogen-bond donors (Lipinski definition) is 0. The highest BCUT2D eigenvalue weighted by Gasteiger charge is 2.31. The monoisotopic (exact) mass is 448 g/mol. The van der Waals surface area contributed by atoms with E-state index in [1.165, 1.54) is 0 Å². The summed E-state index contributed by atoms with van der Waals surface area (Å²) in [5.41, 5.74) is 0.749. The molecule has 0 aromatic heterocycles. The lowest BCUT2D eigenvalue weighted by Gasteiger charge is -2.13. The first-order valence-electron chi connectivity index (χ1n) is 7.10. The summed E-state index contributed by atoms with van der Waals surface area (Å²) in [6, 6.07) is 9.28.